The third-order valence-corrected chi connectivity index (χ3v) is 4.17. The van der Waals surface area contributed by atoms with Gasteiger partial charge >= 0.3 is 0 Å². The van der Waals surface area contributed by atoms with Gasteiger partial charge in [0.2, 0.25) is 5.91 Å². The van der Waals surface area contributed by atoms with Crippen LogP contribution in [-0.2, 0) is 17.9 Å². The molecule has 0 atom stereocenters. The van der Waals surface area contributed by atoms with Crippen molar-refractivity contribution in [2.75, 3.05) is 13.6 Å². The molecule has 6 nitrogen and oxygen atoms in total. The molecular weight excluding hydrogens is 326 g/mol. The monoisotopic (exact) mass is 349 g/mol. The summed E-state index contributed by atoms with van der Waals surface area (Å²) in [6, 6.07) is 16.6. The van der Waals surface area contributed by atoms with Gasteiger partial charge in [0.05, 0.1) is 6.54 Å². The molecule has 0 bridgehead atoms. The van der Waals surface area contributed by atoms with E-state index in [4.69, 9.17) is 0 Å². The van der Waals surface area contributed by atoms with E-state index >= 15 is 0 Å². The molecule has 0 aliphatic heterocycles. The van der Waals surface area contributed by atoms with Crippen molar-refractivity contribution in [3.8, 4) is 11.1 Å². The Kier molecular flexibility index (Phi) is 6.11. The van der Waals surface area contributed by atoms with E-state index < -0.39 is 0 Å². The first kappa shape index (κ1) is 17.8. The average molecular weight is 349 g/mol. The van der Waals surface area contributed by atoms with E-state index in [9.17, 15) is 4.79 Å². The largest absolute Gasteiger partial charge is 0.352 e. The van der Waals surface area contributed by atoms with Gasteiger partial charge in [0, 0.05) is 19.5 Å². The van der Waals surface area contributed by atoms with Gasteiger partial charge in [-0.3, -0.25) is 4.79 Å². The van der Waals surface area contributed by atoms with Crippen molar-refractivity contribution >= 4 is 5.91 Å². The summed E-state index contributed by atoms with van der Waals surface area (Å²) in [5, 5.41) is 10.1. The summed E-state index contributed by atoms with van der Waals surface area (Å²) in [5.74, 6) is 0.0531. The molecule has 0 fully saturated rings. The summed E-state index contributed by atoms with van der Waals surface area (Å²) in [6.45, 7) is 1.91. The Morgan fingerprint density at radius 3 is 2.65 bits per heavy atom. The van der Waals surface area contributed by atoms with Crippen LogP contribution >= 0.6 is 0 Å². The van der Waals surface area contributed by atoms with Crippen LogP contribution in [0.15, 0.2) is 61.2 Å². The zero-order valence-electron chi connectivity index (χ0n) is 14.9. The molecule has 2 aromatic carbocycles. The Morgan fingerprint density at radius 1 is 1.12 bits per heavy atom. The highest BCUT2D eigenvalue weighted by Crippen LogP contribution is 2.24. The van der Waals surface area contributed by atoms with Crippen molar-refractivity contribution in [2.45, 2.75) is 19.5 Å². The molecule has 0 aliphatic carbocycles. The van der Waals surface area contributed by atoms with Gasteiger partial charge in [-0.2, -0.15) is 5.10 Å². The summed E-state index contributed by atoms with van der Waals surface area (Å²) in [7, 11) is 1.84. The molecule has 1 aromatic heterocycles. The van der Waals surface area contributed by atoms with Gasteiger partial charge in [-0.1, -0.05) is 48.5 Å². The number of rotatable bonds is 8. The molecule has 0 saturated carbocycles. The SMILES string of the molecule is CNCCC(=O)NCc1ccccc1-c1ccc(Cn2cncn2)cc1. The van der Waals surface area contributed by atoms with Crippen molar-refractivity contribution in [1.82, 2.24) is 25.4 Å². The quantitative estimate of drug-likeness (QED) is 0.654. The molecule has 3 aromatic rings. The number of hydrogen-bond donors (Lipinski definition) is 2. The highest BCUT2D eigenvalue weighted by molar-refractivity contribution is 5.76. The number of nitrogens with zero attached hydrogens (tertiary/aromatic N) is 3. The van der Waals surface area contributed by atoms with E-state index in [2.05, 4.69) is 57.1 Å². The van der Waals surface area contributed by atoms with Crippen molar-refractivity contribution in [2.24, 2.45) is 0 Å². The topological polar surface area (TPSA) is 71.8 Å². The Bertz CT molecular complexity index is 828. The normalized spacial score (nSPS) is 10.7. The van der Waals surface area contributed by atoms with Gasteiger partial charge in [-0.05, 0) is 29.3 Å². The van der Waals surface area contributed by atoms with E-state index in [0.29, 0.717) is 26.1 Å². The van der Waals surface area contributed by atoms with Crippen LogP contribution in [0.5, 0.6) is 0 Å². The smallest absolute Gasteiger partial charge is 0.221 e. The molecule has 6 heteroatoms. The first-order valence-electron chi connectivity index (χ1n) is 8.67. The Morgan fingerprint density at radius 2 is 1.92 bits per heavy atom. The molecule has 26 heavy (non-hydrogen) atoms. The Hall–Kier alpha value is -2.99. The molecule has 0 radical (unpaired) electrons. The molecule has 0 spiro atoms. The summed E-state index contributed by atoms with van der Waals surface area (Å²) in [5.41, 5.74) is 4.53. The van der Waals surface area contributed by atoms with Crippen molar-refractivity contribution in [3.63, 3.8) is 0 Å². The maximum atomic E-state index is 11.9. The number of amides is 1. The predicted molar refractivity (Wildman–Crippen MR) is 101 cm³/mol. The summed E-state index contributed by atoms with van der Waals surface area (Å²) >= 11 is 0. The molecular formula is C20H23N5O. The number of hydrogen-bond acceptors (Lipinski definition) is 4. The fourth-order valence-electron chi connectivity index (χ4n) is 2.77. The molecule has 2 N–H and O–H groups in total. The molecule has 0 saturated heterocycles. The van der Waals surface area contributed by atoms with Crippen LogP contribution in [0.25, 0.3) is 11.1 Å². The second-order valence-electron chi connectivity index (χ2n) is 6.08. The second kappa shape index (κ2) is 8.92. The van der Waals surface area contributed by atoms with E-state index in [1.807, 2.05) is 19.2 Å². The Labute approximate surface area is 153 Å². The average Bonchev–Trinajstić information content (AvgIpc) is 3.18. The van der Waals surface area contributed by atoms with Gasteiger partial charge in [0.1, 0.15) is 12.7 Å². The van der Waals surface area contributed by atoms with E-state index in [-0.39, 0.29) is 5.91 Å². The van der Waals surface area contributed by atoms with Crippen LogP contribution in [-0.4, -0.2) is 34.3 Å². The molecule has 1 heterocycles. The van der Waals surface area contributed by atoms with Crippen LogP contribution in [0, 0.1) is 0 Å². The molecule has 134 valence electrons. The zero-order valence-corrected chi connectivity index (χ0v) is 14.9. The van der Waals surface area contributed by atoms with Gasteiger partial charge in [0.15, 0.2) is 0 Å². The predicted octanol–water partition coefficient (Wildman–Crippen LogP) is 2.22. The van der Waals surface area contributed by atoms with Crippen LogP contribution in [0.3, 0.4) is 0 Å². The molecule has 3 rings (SSSR count). The van der Waals surface area contributed by atoms with Crippen molar-refractivity contribution in [1.29, 1.82) is 0 Å². The Balaban J connectivity index is 1.69. The fourth-order valence-corrected chi connectivity index (χ4v) is 2.77. The van der Waals surface area contributed by atoms with E-state index in [1.165, 1.54) is 6.33 Å². The molecule has 0 aliphatic rings. The van der Waals surface area contributed by atoms with Crippen molar-refractivity contribution < 1.29 is 4.79 Å². The lowest BCUT2D eigenvalue weighted by Gasteiger charge is -2.12. The number of nitrogens with one attached hydrogen (secondary N) is 2. The third kappa shape index (κ3) is 4.77. The molecule has 1 amide bonds. The first-order chi connectivity index (χ1) is 12.8. The minimum Gasteiger partial charge on any atom is -0.352 e. The number of benzene rings is 2. The number of carbonyl (C=O) groups is 1. The lowest BCUT2D eigenvalue weighted by molar-refractivity contribution is -0.121. The summed E-state index contributed by atoms with van der Waals surface area (Å²) in [4.78, 5) is 15.8. The standard InChI is InChI=1S/C20H23N5O/c1-21-11-10-20(26)23-12-18-4-2-3-5-19(18)17-8-6-16(7-9-17)13-25-15-22-14-24-25/h2-9,14-15,21H,10-13H2,1H3,(H,23,26). The maximum Gasteiger partial charge on any atom is 0.221 e. The van der Waals surface area contributed by atoms with Crippen LogP contribution in [0.4, 0.5) is 0 Å². The van der Waals surface area contributed by atoms with Gasteiger partial charge in [-0.15, -0.1) is 0 Å². The minimum absolute atomic E-state index is 0.0531. The number of carbonyl (C=O) groups excluding carboxylic acids is 1. The maximum absolute atomic E-state index is 11.9. The van der Waals surface area contributed by atoms with E-state index in [0.717, 1.165) is 22.3 Å². The van der Waals surface area contributed by atoms with Crippen LogP contribution < -0.4 is 10.6 Å². The third-order valence-electron chi connectivity index (χ3n) is 4.17. The van der Waals surface area contributed by atoms with Crippen molar-refractivity contribution in [3.05, 3.63) is 72.3 Å². The second-order valence-corrected chi connectivity index (χ2v) is 6.08. The van der Waals surface area contributed by atoms with Crippen LogP contribution in [0.2, 0.25) is 0 Å². The van der Waals surface area contributed by atoms with Gasteiger partial charge < -0.3 is 10.6 Å². The lowest BCUT2D eigenvalue weighted by Crippen LogP contribution is -2.26. The van der Waals surface area contributed by atoms with Gasteiger partial charge in [0.25, 0.3) is 0 Å². The lowest BCUT2D eigenvalue weighted by atomic mass is 9.98. The minimum atomic E-state index is 0.0531. The van der Waals surface area contributed by atoms with Gasteiger partial charge in [-0.25, -0.2) is 9.67 Å². The number of aromatic nitrogens is 3. The zero-order chi connectivity index (χ0) is 18.2. The van der Waals surface area contributed by atoms with E-state index in [1.54, 1.807) is 11.0 Å². The highest BCUT2D eigenvalue weighted by atomic mass is 16.1. The first-order valence-corrected chi connectivity index (χ1v) is 8.67. The molecule has 0 unspecified atom stereocenters. The summed E-state index contributed by atoms with van der Waals surface area (Å²) in [6.07, 6.45) is 3.73. The van der Waals surface area contributed by atoms with Crippen LogP contribution in [0.1, 0.15) is 17.5 Å². The highest BCUT2D eigenvalue weighted by Gasteiger charge is 2.07. The summed E-state index contributed by atoms with van der Waals surface area (Å²) < 4.78 is 1.80. The fraction of sp³-hybridized carbons (Fsp3) is 0.250.